The van der Waals surface area contributed by atoms with Crippen LogP contribution < -0.4 is 15.2 Å². The molecule has 0 unspecified atom stereocenters. The molecule has 1 aromatic carbocycles. The molecule has 0 aromatic heterocycles. The van der Waals surface area contributed by atoms with Gasteiger partial charge in [0, 0.05) is 18.7 Å². The van der Waals surface area contributed by atoms with E-state index >= 15 is 0 Å². The number of ether oxygens (including phenoxy) is 1. The van der Waals surface area contributed by atoms with Gasteiger partial charge in [-0.2, -0.15) is 0 Å². The van der Waals surface area contributed by atoms with Gasteiger partial charge in [0.05, 0.1) is 16.9 Å². The van der Waals surface area contributed by atoms with Crippen LogP contribution in [0.1, 0.15) is 6.92 Å². The molecule has 8 nitrogen and oxygen atoms in total. The number of benzene rings is 1. The molecule has 0 aliphatic carbocycles. The molecule has 106 valence electrons. The molecule has 1 rings (SSSR count). The highest BCUT2D eigenvalue weighted by atomic mass is 32.2. The average molecular weight is 289 g/mol. The Balaban J connectivity index is 3.22. The van der Waals surface area contributed by atoms with Gasteiger partial charge in [0.25, 0.3) is 0 Å². The molecule has 3 N–H and O–H groups in total. The lowest BCUT2D eigenvalue weighted by molar-refractivity contribution is -0.386. The van der Waals surface area contributed by atoms with Gasteiger partial charge in [-0.3, -0.25) is 10.1 Å². The molecule has 0 heterocycles. The average Bonchev–Trinajstić information content (AvgIpc) is 2.37. The standard InChI is InChI=1S/C10H15N3O5S/c1-7(6-11)12-19(16,17)8-3-4-10(18-2)9(5-8)13(14)15/h3-5,7,12H,6,11H2,1-2H3/t7-/m0/s1. The van der Waals surface area contributed by atoms with E-state index in [0.29, 0.717) is 0 Å². The zero-order chi connectivity index (χ0) is 14.6. The lowest BCUT2D eigenvalue weighted by Crippen LogP contribution is -2.37. The highest BCUT2D eigenvalue weighted by Gasteiger charge is 2.22. The van der Waals surface area contributed by atoms with Gasteiger partial charge in [0.15, 0.2) is 5.75 Å². The van der Waals surface area contributed by atoms with Crippen molar-refractivity contribution in [1.82, 2.24) is 4.72 Å². The highest BCUT2D eigenvalue weighted by Crippen LogP contribution is 2.29. The van der Waals surface area contributed by atoms with Crippen molar-refractivity contribution in [2.75, 3.05) is 13.7 Å². The number of sulfonamides is 1. The number of nitrogens with two attached hydrogens (primary N) is 1. The Morgan fingerprint density at radius 3 is 2.63 bits per heavy atom. The molecule has 0 amide bonds. The Morgan fingerprint density at radius 1 is 1.53 bits per heavy atom. The summed E-state index contributed by atoms with van der Waals surface area (Å²) in [5.74, 6) is -0.00387. The summed E-state index contributed by atoms with van der Waals surface area (Å²) in [6.45, 7) is 1.72. The molecule has 0 aliphatic rings. The minimum atomic E-state index is -3.84. The number of nitrogens with one attached hydrogen (secondary N) is 1. The number of methoxy groups -OCH3 is 1. The second kappa shape index (κ2) is 5.95. The summed E-state index contributed by atoms with van der Waals surface area (Å²) in [5, 5.41) is 10.8. The third kappa shape index (κ3) is 3.63. The third-order valence-corrected chi connectivity index (χ3v) is 3.95. The van der Waals surface area contributed by atoms with Gasteiger partial charge in [0.2, 0.25) is 10.0 Å². The zero-order valence-corrected chi connectivity index (χ0v) is 11.3. The molecule has 0 saturated carbocycles. The van der Waals surface area contributed by atoms with E-state index in [1.807, 2.05) is 0 Å². The first-order valence-electron chi connectivity index (χ1n) is 5.36. The maximum absolute atomic E-state index is 11.9. The molecule has 0 radical (unpaired) electrons. The normalized spacial score (nSPS) is 13.0. The van der Waals surface area contributed by atoms with Crippen LogP contribution in [0.2, 0.25) is 0 Å². The summed E-state index contributed by atoms with van der Waals surface area (Å²) in [4.78, 5) is 9.92. The van der Waals surface area contributed by atoms with Crippen molar-refractivity contribution < 1.29 is 18.1 Å². The van der Waals surface area contributed by atoms with Gasteiger partial charge in [-0.1, -0.05) is 0 Å². The van der Waals surface area contributed by atoms with Crippen LogP contribution in [0.15, 0.2) is 23.1 Å². The summed E-state index contributed by atoms with van der Waals surface area (Å²) in [6.07, 6.45) is 0. The molecule has 9 heteroatoms. The Hall–Kier alpha value is -1.71. The largest absolute Gasteiger partial charge is 0.490 e. The molecule has 0 bridgehead atoms. The Labute approximate surface area is 110 Å². The first kappa shape index (κ1) is 15.3. The highest BCUT2D eigenvalue weighted by molar-refractivity contribution is 7.89. The van der Waals surface area contributed by atoms with E-state index < -0.39 is 26.7 Å². The van der Waals surface area contributed by atoms with Crippen LogP contribution in [0.3, 0.4) is 0 Å². The second-order valence-corrected chi connectivity index (χ2v) is 5.56. The quantitative estimate of drug-likeness (QED) is 0.570. The summed E-state index contributed by atoms with van der Waals surface area (Å²) < 4.78 is 31.0. The molecule has 0 spiro atoms. The number of hydrogen-bond acceptors (Lipinski definition) is 6. The fraction of sp³-hybridized carbons (Fsp3) is 0.400. The molecule has 0 saturated heterocycles. The zero-order valence-electron chi connectivity index (χ0n) is 10.5. The third-order valence-electron chi connectivity index (χ3n) is 2.37. The molecular weight excluding hydrogens is 274 g/mol. The predicted molar refractivity (Wildman–Crippen MR) is 68.5 cm³/mol. The SMILES string of the molecule is COc1ccc(S(=O)(=O)N[C@@H](C)CN)cc1[N+](=O)[O-]. The van der Waals surface area contributed by atoms with E-state index in [1.54, 1.807) is 6.92 Å². The topological polar surface area (TPSA) is 125 Å². The van der Waals surface area contributed by atoms with Gasteiger partial charge in [0.1, 0.15) is 0 Å². The van der Waals surface area contributed by atoms with Crippen molar-refractivity contribution in [2.45, 2.75) is 17.9 Å². The van der Waals surface area contributed by atoms with Crippen LogP contribution in [-0.2, 0) is 10.0 Å². The van der Waals surface area contributed by atoms with E-state index in [1.165, 1.54) is 19.2 Å². The van der Waals surface area contributed by atoms with Crippen molar-refractivity contribution in [3.8, 4) is 5.75 Å². The first-order chi connectivity index (χ1) is 8.81. The Kier molecular flexibility index (Phi) is 4.81. The number of nitro benzene ring substituents is 1. The van der Waals surface area contributed by atoms with E-state index in [9.17, 15) is 18.5 Å². The number of hydrogen-bond donors (Lipinski definition) is 2. The summed E-state index contributed by atoms with van der Waals surface area (Å²) >= 11 is 0. The number of nitrogens with zero attached hydrogens (tertiary/aromatic N) is 1. The maximum atomic E-state index is 11.9. The van der Waals surface area contributed by atoms with Crippen LogP contribution >= 0.6 is 0 Å². The first-order valence-corrected chi connectivity index (χ1v) is 6.85. The molecule has 1 aromatic rings. The van der Waals surface area contributed by atoms with Crippen molar-refractivity contribution in [2.24, 2.45) is 5.73 Å². The van der Waals surface area contributed by atoms with Gasteiger partial charge >= 0.3 is 5.69 Å². The smallest absolute Gasteiger partial charge is 0.312 e. The number of nitro groups is 1. The van der Waals surface area contributed by atoms with Gasteiger partial charge in [-0.05, 0) is 19.1 Å². The molecular formula is C10H15N3O5S. The second-order valence-electron chi connectivity index (χ2n) is 3.85. The lowest BCUT2D eigenvalue weighted by atomic mass is 10.3. The van der Waals surface area contributed by atoms with E-state index in [0.717, 1.165) is 6.07 Å². The van der Waals surface area contributed by atoms with Crippen LogP contribution in [0.4, 0.5) is 5.69 Å². The fourth-order valence-electron chi connectivity index (χ4n) is 1.36. The summed E-state index contributed by atoms with van der Waals surface area (Å²) in [5.41, 5.74) is 4.91. The monoisotopic (exact) mass is 289 g/mol. The van der Waals surface area contributed by atoms with Gasteiger partial charge in [-0.15, -0.1) is 0 Å². The fourth-order valence-corrected chi connectivity index (χ4v) is 2.64. The van der Waals surface area contributed by atoms with Crippen molar-refractivity contribution >= 4 is 15.7 Å². The summed E-state index contributed by atoms with van der Waals surface area (Å²) in [6, 6.07) is 2.95. The lowest BCUT2D eigenvalue weighted by Gasteiger charge is -2.12. The van der Waals surface area contributed by atoms with Crippen LogP contribution in [0.5, 0.6) is 5.75 Å². The van der Waals surface area contributed by atoms with E-state index in [4.69, 9.17) is 10.5 Å². The maximum Gasteiger partial charge on any atom is 0.312 e. The van der Waals surface area contributed by atoms with Crippen LogP contribution in [0.25, 0.3) is 0 Å². The predicted octanol–water partition coefficient (Wildman–Crippen LogP) is 0.229. The minimum absolute atomic E-state index is 0.00387. The Bertz CT molecular complexity index is 573. The van der Waals surface area contributed by atoms with Gasteiger partial charge < -0.3 is 10.5 Å². The van der Waals surface area contributed by atoms with Gasteiger partial charge in [-0.25, -0.2) is 13.1 Å². The van der Waals surface area contributed by atoms with E-state index in [-0.39, 0.29) is 17.2 Å². The molecule has 19 heavy (non-hydrogen) atoms. The molecule has 1 atom stereocenters. The minimum Gasteiger partial charge on any atom is -0.490 e. The molecule has 0 aliphatic heterocycles. The van der Waals surface area contributed by atoms with Crippen LogP contribution in [0, 0.1) is 10.1 Å². The number of rotatable bonds is 6. The van der Waals surface area contributed by atoms with Crippen molar-refractivity contribution in [3.63, 3.8) is 0 Å². The molecule has 0 fully saturated rings. The van der Waals surface area contributed by atoms with E-state index in [2.05, 4.69) is 4.72 Å². The Morgan fingerprint density at radius 2 is 2.16 bits per heavy atom. The van der Waals surface area contributed by atoms with Crippen molar-refractivity contribution in [3.05, 3.63) is 28.3 Å². The summed E-state index contributed by atoms with van der Waals surface area (Å²) in [7, 11) is -2.57. The van der Waals surface area contributed by atoms with Crippen LogP contribution in [-0.4, -0.2) is 33.0 Å². The van der Waals surface area contributed by atoms with Crippen molar-refractivity contribution in [1.29, 1.82) is 0 Å².